The monoisotopic (exact) mass is 363 g/mol. The van der Waals surface area contributed by atoms with Crippen molar-refractivity contribution in [2.45, 2.75) is 12.8 Å². The lowest BCUT2D eigenvalue weighted by Gasteiger charge is -2.18. The third kappa shape index (κ3) is 3.98. The molecule has 1 aromatic heterocycles. The normalized spacial score (nSPS) is 12.7. The quantitative estimate of drug-likeness (QED) is 0.726. The second-order valence-corrected chi connectivity index (χ2v) is 6.08. The number of nitrogens with zero attached hydrogens (tertiary/aromatic N) is 1. The van der Waals surface area contributed by atoms with Crippen LogP contribution in [0.15, 0.2) is 59.1 Å². The molecule has 2 heterocycles. The van der Waals surface area contributed by atoms with Crippen LogP contribution in [0.4, 0.5) is 11.4 Å². The van der Waals surface area contributed by atoms with Crippen molar-refractivity contribution in [1.29, 1.82) is 0 Å². The van der Waals surface area contributed by atoms with Crippen LogP contribution >= 0.6 is 0 Å². The number of carbonyl (C=O) groups is 2. The number of fused-ring (bicyclic) bond motifs is 1. The van der Waals surface area contributed by atoms with Crippen LogP contribution in [0.5, 0.6) is 5.75 Å². The smallest absolute Gasteiger partial charge is 0.262 e. The van der Waals surface area contributed by atoms with E-state index in [1.54, 1.807) is 24.4 Å². The molecule has 1 aliphatic rings. The van der Waals surface area contributed by atoms with Crippen molar-refractivity contribution in [2.24, 2.45) is 0 Å². The Balaban J connectivity index is 1.34. The molecule has 136 valence electrons. The van der Waals surface area contributed by atoms with Crippen LogP contribution in [-0.4, -0.2) is 23.4 Å². The number of hydrogen-bond donors (Lipinski definition) is 2. The molecule has 0 bridgehead atoms. The minimum absolute atomic E-state index is 0.000176. The van der Waals surface area contributed by atoms with Crippen LogP contribution in [0.3, 0.4) is 0 Å². The summed E-state index contributed by atoms with van der Waals surface area (Å²) < 4.78 is 11.0. The number of rotatable bonds is 5. The molecule has 0 spiro atoms. The van der Waals surface area contributed by atoms with Gasteiger partial charge in [0.15, 0.2) is 18.3 Å². The largest absolute Gasteiger partial charge is 0.482 e. The molecule has 2 aromatic carbocycles. The fraction of sp³-hybridized carbons (Fsp3) is 0.150. The molecule has 4 rings (SSSR count). The van der Waals surface area contributed by atoms with Gasteiger partial charge >= 0.3 is 0 Å². The Labute approximate surface area is 155 Å². The molecule has 0 aliphatic carbocycles. The van der Waals surface area contributed by atoms with Crippen molar-refractivity contribution < 1.29 is 18.7 Å². The van der Waals surface area contributed by atoms with E-state index in [9.17, 15) is 9.59 Å². The van der Waals surface area contributed by atoms with Crippen molar-refractivity contribution in [3.63, 3.8) is 0 Å². The van der Waals surface area contributed by atoms with Crippen LogP contribution < -0.4 is 15.4 Å². The second-order valence-electron chi connectivity index (χ2n) is 6.08. The first-order chi connectivity index (χ1) is 13.2. The molecule has 0 saturated heterocycles. The number of ether oxygens (including phenoxy) is 1. The summed E-state index contributed by atoms with van der Waals surface area (Å²) in [6.07, 6.45) is 2.28. The van der Waals surface area contributed by atoms with Gasteiger partial charge in [-0.2, -0.15) is 0 Å². The molecule has 0 atom stereocenters. The summed E-state index contributed by atoms with van der Waals surface area (Å²) in [5, 5.41) is 5.51. The van der Waals surface area contributed by atoms with E-state index >= 15 is 0 Å². The number of nitrogens with one attached hydrogen (secondary N) is 2. The molecule has 0 radical (unpaired) electrons. The van der Waals surface area contributed by atoms with Crippen molar-refractivity contribution in [3.8, 4) is 17.1 Å². The lowest BCUT2D eigenvalue weighted by Crippen LogP contribution is -2.25. The first-order valence-electron chi connectivity index (χ1n) is 8.54. The maximum Gasteiger partial charge on any atom is 0.262 e. The lowest BCUT2D eigenvalue weighted by atomic mass is 10.2. The number of hydrogen-bond acceptors (Lipinski definition) is 5. The third-order valence-corrected chi connectivity index (χ3v) is 4.07. The van der Waals surface area contributed by atoms with Gasteiger partial charge < -0.3 is 19.8 Å². The van der Waals surface area contributed by atoms with Gasteiger partial charge in [0.1, 0.15) is 5.75 Å². The van der Waals surface area contributed by atoms with Crippen molar-refractivity contribution in [3.05, 3.63) is 60.6 Å². The van der Waals surface area contributed by atoms with Gasteiger partial charge in [-0.1, -0.05) is 30.3 Å². The number of aryl methyl sites for hydroxylation is 1. The highest BCUT2D eigenvalue weighted by Gasteiger charge is 2.16. The lowest BCUT2D eigenvalue weighted by molar-refractivity contribution is -0.118. The Bertz CT molecular complexity index is 982. The van der Waals surface area contributed by atoms with E-state index in [1.165, 1.54) is 0 Å². The Hall–Kier alpha value is -3.61. The van der Waals surface area contributed by atoms with E-state index in [1.807, 2.05) is 30.3 Å². The van der Waals surface area contributed by atoms with E-state index in [4.69, 9.17) is 9.15 Å². The van der Waals surface area contributed by atoms with Crippen molar-refractivity contribution >= 4 is 23.2 Å². The predicted octanol–water partition coefficient (Wildman–Crippen LogP) is 3.24. The molecule has 0 unspecified atom stereocenters. The van der Waals surface area contributed by atoms with Crippen molar-refractivity contribution in [2.75, 3.05) is 17.2 Å². The van der Waals surface area contributed by atoms with Crippen LogP contribution in [0, 0.1) is 0 Å². The maximum absolute atomic E-state index is 12.2. The van der Waals surface area contributed by atoms with E-state index in [0.717, 1.165) is 5.56 Å². The van der Waals surface area contributed by atoms with Gasteiger partial charge in [-0.25, -0.2) is 4.98 Å². The highest BCUT2D eigenvalue weighted by molar-refractivity contribution is 5.97. The molecule has 2 N–H and O–H groups in total. The van der Waals surface area contributed by atoms with Crippen LogP contribution in [0.2, 0.25) is 0 Å². The molecule has 27 heavy (non-hydrogen) atoms. The van der Waals surface area contributed by atoms with Crippen LogP contribution in [-0.2, 0) is 16.0 Å². The Morgan fingerprint density at radius 2 is 2.04 bits per heavy atom. The van der Waals surface area contributed by atoms with Gasteiger partial charge in [0, 0.05) is 24.1 Å². The standard InChI is InChI=1S/C20H17N3O4/c24-18(22-14-6-7-16-15(10-14)23-19(25)12-26-16)8-9-20-21-11-17(27-20)13-4-2-1-3-5-13/h1-7,10-11H,8-9,12H2,(H,22,24)(H,23,25). The zero-order valence-electron chi connectivity index (χ0n) is 14.4. The van der Waals surface area contributed by atoms with Crippen LogP contribution in [0.1, 0.15) is 12.3 Å². The summed E-state index contributed by atoms with van der Waals surface area (Å²) in [5.74, 6) is 1.38. The summed E-state index contributed by atoms with van der Waals surface area (Å²) in [7, 11) is 0. The number of anilines is 2. The number of oxazole rings is 1. The van der Waals surface area contributed by atoms with Gasteiger partial charge in [-0.05, 0) is 18.2 Å². The van der Waals surface area contributed by atoms with Gasteiger partial charge in [0.2, 0.25) is 5.91 Å². The highest BCUT2D eigenvalue weighted by Crippen LogP contribution is 2.30. The zero-order chi connectivity index (χ0) is 18.6. The molecule has 0 saturated carbocycles. The molecule has 7 nitrogen and oxygen atoms in total. The molecule has 3 aromatic rings. The van der Waals surface area contributed by atoms with E-state index in [0.29, 0.717) is 35.2 Å². The Morgan fingerprint density at radius 3 is 2.89 bits per heavy atom. The SMILES string of the molecule is O=C(CCc1ncc(-c2ccccc2)o1)Nc1ccc2c(c1)NC(=O)CO2. The Morgan fingerprint density at radius 1 is 1.19 bits per heavy atom. The first-order valence-corrected chi connectivity index (χ1v) is 8.54. The number of aromatic nitrogens is 1. The average molecular weight is 363 g/mol. The van der Waals surface area contributed by atoms with Gasteiger partial charge in [0.25, 0.3) is 5.91 Å². The van der Waals surface area contributed by atoms with E-state index in [2.05, 4.69) is 15.6 Å². The topological polar surface area (TPSA) is 93.5 Å². The minimum Gasteiger partial charge on any atom is -0.482 e. The van der Waals surface area contributed by atoms with Crippen LogP contribution in [0.25, 0.3) is 11.3 Å². The molecular formula is C20H17N3O4. The zero-order valence-corrected chi connectivity index (χ0v) is 14.4. The highest BCUT2D eigenvalue weighted by atomic mass is 16.5. The molecule has 1 aliphatic heterocycles. The van der Waals surface area contributed by atoms with E-state index in [-0.39, 0.29) is 24.8 Å². The van der Waals surface area contributed by atoms with Gasteiger partial charge in [-0.15, -0.1) is 0 Å². The predicted molar refractivity (Wildman–Crippen MR) is 99.5 cm³/mol. The van der Waals surface area contributed by atoms with E-state index < -0.39 is 0 Å². The average Bonchev–Trinajstić information content (AvgIpc) is 3.16. The number of benzene rings is 2. The third-order valence-electron chi connectivity index (χ3n) is 4.07. The van der Waals surface area contributed by atoms with Gasteiger partial charge in [0.05, 0.1) is 11.9 Å². The fourth-order valence-corrected chi connectivity index (χ4v) is 2.77. The maximum atomic E-state index is 12.2. The summed E-state index contributed by atoms with van der Waals surface area (Å²) in [6, 6.07) is 14.8. The second kappa shape index (κ2) is 7.33. The summed E-state index contributed by atoms with van der Waals surface area (Å²) in [5.41, 5.74) is 2.07. The minimum atomic E-state index is -0.218. The fourth-order valence-electron chi connectivity index (χ4n) is 2.77. The number of carbonyl (C=O) groups excluding carboxylic acids is 2. The first kappa shape index (κ1) is 16.8. The summed E-state index contributed by atoms with van der Waals surface area (Å²) in [6.45, 7) is -0.000176. The van der Waals surface area contributed by atoms with Gasteiger partial charge in [-0.3, -0.25) is 9.59 Å². The number of amides is 2. The summed E-state index contributed by atoms with van der Waals surface area (Å²) >= 11 is 0. The van der Waals surface area contributed by atoms with Crippen molar-refractivity contribution in [1.82, 2.24) is 4.98 Å². The molecule has 2 amide bonds. The molecular weight excluding hydrogens is 346 g/mol. The Kier molecular flexibility index (Phi) is 4.57. The molecule has 7 heteroatoms. The summed E-state index contributed by atoms with van der Waals surface area (Å²) in [4.78, 5) is 27.8. The molecule has 0 fully saturated rings.